The zero-order valence-electron chi connectivity index (χ0n) is 12.2. The highest BCUT2D eigenvalue weighted by Gasteiger charge is 2.33. The molecule has 22 heavy (non-hydrogen) atoms. The molecule has 1 amide bonds. The number of ether oxygens (including phenoxy) is 2. The molecule has 0 N–H and O–H groups in total. The highest BCUT2D eigenvalue weighted by atomic mass is 35.5. The summed E-state index contributed by atoms with van der Waals surface area (Å²) >= 11 is 6.05. The van der Waals surface area contributed by atoms with Crippen molar-refractivity contribution in [3.05, 3.63) is 59.1 Å². The lowest BCUT2D eigenvalue weighted by Crippen LogP contribution is -2.56. The first-order chi connectivity index (χ1) is 10.7. The van der Waals surface area contributed by atoms with E-state index in [1.54, 1.807) is 24.1 Å². The second-order valence-electron chi connectivity index (χ2n) is 5.08. The predicted molar refractivity (Wildman–Crippen MR) is 84.8 cm³/mol. The van der Waals surface area contributed by atoms with E-state index >= 15 is 0 Å². The van der Waals surface area contributed by atoms with Gasteiger partial charge in [-0.15, -0.1) is 0 Å². The van der Waals surface area contributed by atoms with E-state index in [2.05, 4.69) is 0 Å². The highest BCUT2D eigenvalue weighted by Crippen LogP contribution is 2.29. The fraction of sp³-hybridized carbons (Fsp3) is 0.235. The van der Waals surface area contributed by atoms with Gasteiger partial charge in [0.1, 0.15) is 6.10 Å². The number of hydrogen-bond donors (Lipinski definition) is 0. The van der Waals surface area contributed by atoms with Crippen LogP contribution in [-0.4, -0.2) is 37.1 Å². The Kier molecular flexibility index (Phi) is 4.20. The van der Waals surface area contributed by atoms with Crippen LogP contribution in [0.2, 0.25) is 5.02 Å². The maximum Gasteiger partial charge on any atom is 0.255 e. The zero-order valence-corrected chi connectivity index (χ0v) is 12.9. The van der Waals surface area contributed by atoms with E-state index in [1.165, 1.54) is 0 Å². The Morgan fingerprint density at radius 3 is 2.41 bits per heavy atom. The fourth-order valence-electron chi connectivity index (χ4n) is 2.38. The quantitative estimate of drug-likeness (QED) is 0.869. The van der Waals surface area contributed by atoms with Crippen molar-refractivity contribution in [1.29, 1.82) is 0 Å². The molecule has 0 saturated carbocycles. The summed E-state index contributed by atoms with van der Waals surface area (Å²) in [7, 11) is 1.61. The Hall–Kier alpha value is -2.20. The molecular weight excluding hydrogens is 302 g/mol. The number of rotatable bonds is 4. The van der Waals surface area contributed by atoms with Gasteiger partial charge < -0.3 is 14.4 Å². The molecule has 0 bridgehead atoms. The molecule has 1 aliphatic rings. The molecule has 0 unspecified atom stereocenters. The summed E-state index contributed by atoms with van der Waals surface area (Å²) < 4.78 is 11.1. The van der Waals surface area contributed by atoms with Crippen LogP contribution in [0.15, 0.2) is 48.5 Å². The van der Waals surface area contributed by atoms with Crippen LogP contribution < -0.4 is 9.47 Å². The molecule has 0 spiro atoms. The molecule has 114 valence electrons. The number of carbonyl (C=O) groups is 1. The maximum absolute atomic E-state index is 12.3. The number of likely N-dealkylation sites (tertiary alicyclic amines) is 1. The van der Waals surface area contributed by atoms with Crippen LogP contribution in [0.5, 0.6) is 11.5 Å². The summed E-state index contributed by atoms with van der Waals surface area (Å²) in [6, 6.07) is 14.6. The number of benzene rings is 2. The summed E-state index contributed by atoms with van der Waals surface area (Å²) in [5.41, 5.74) is 0.528. The Balaban J connectivity index is 1.60. The molecule has 4 nitrogen and oxygen atoms in total. The van der Waals surface area contributed by atoms with Gasteiger partial charge in [-0.2, -0.15) is 0 Å². The number of hydrogen-bond acceptors (Lipinski definition) is 3. The first-order valence-corrected chi connectivity index (χ1v) is 7.40. The minimum absolute atomic E-state index is 0.0252. The minimum Gasteiger partial charge on any atom is -0.493 e. The number of carbonyl (C=O) groups excluding carboxylic acids is 1. The molecular formula is C17H16ClNO3. The summed E-state index contributed by atoms with van der Waals surface area (Å²) in [6.07, 6.45) is -0.0252. The van der Waals surface area contributed by atoms with Crippen molar-refractivity contribution in [3.8, 4) is 11.5 Å². The second-order valence-corrected chi connectivity index (χ2v) is 5.49. The average Bonchev–Trinajstić information content (AvgIpc) is 2.50. The Morgan fingerprint density at radius 2 is 1.73 bits per heavy atom. The van der Waals surface area contributed by atoms with Gasteiger partial charge in [0.25, 0.3) is 5.91 Å². The molecule has 1 heterocycles. The van der Waals surface area contributed by atoms with Gasteiger partial charge >= 0.3 is 0 Å². The van der Waals surface area contributed by atoms with Crippen LogP contribution in [-0.2, 0) is 0 Å². The van der Waals surface area contributed by atoms with Crippen LogP contribution >= 0.6 is 11.6 Å². The van der Waals surface area contributed by atoms with Gasteiger partial charge in [0.2, 0.25) is 0 Å². The van der Waals surface area contributed by atoms with E-state index in [0.717, 1.165) is 0 Å². The number of para-hydroxylation sites is 2. The summed E-state index contributed by atoms with van der Waals surface area (Å²) in [6.45, 7) is 1.09. The van der Waals surface area contributed by atoms with Crippen LogP contribution in [0, 0.1) is 0 Å². The first kappa shape index (κ1) is 14.7. The van der Waals surface area contributed by atoms with Crippen LogP contribution in [0.1, 0.15) is 10.4 Å². The maximum atomic E-state index is 12.3. The van der Waals surface area contributed by atoms with E-state index in [0.29, 0.717) is 35.2 Å². The smallest absolute Gasteiger partial charge is 0.255 e. The standard InChI is InChI=1S/C17H16ClNO3/c1-21-15-8-4-5-9-16(15)22-12-10-19(11-12)17(20)13-6-2-3-7-14(13)18/h2-9,12H,10-11H2,1H3. The lowest BCUT2D eigenvalue weighted by Gasteiger charge is -2.39. The predicted octanol–water partition coefficient (Wildman–Crippen LogP) is 3.25. The van der Waals surface area contributed by atoms with Crippen molar-refractivity contribution in [2.24, 2.45) is 0 Å². The largest absolute Gasteiger partial charge is 0.493 e. The van der Waals surface area contributed by atoms with Gasteiger partial charge in [-0.3, -0.25) is 4.79 Å². The summed E-state index contributed by atoms with van der Waals surface area (Å²) in [4.78, 5) is 14.1. The Labute approximate surface area is 134 Å². The van der Waals surface area contributed by atoms with E-state index in [9.17, 15) is 4.79 Å². The van der Waals surface area contributed by atoms with Crippen molar-refractivity contribution in [1.82, 2.24) is 4.90 Å². The second kappa shape index (κ2) is 6.28. The molecule has 0 atom stereocenters. The van der Waals surface area contributed by atoms with E-state index in [-0.39, 0.29) is 12.0 Å². The molecule has 2 aromatic rings. The number of halogens is 1. The van der Waals surface area contributed by atoms with Gasteiger partial charge in [0.15, 0.2) is 11.5 Å². The molecule has 0 aliphatic carbocycles. The van der Waals surface area contributed by atoms with Gasteiger partial charge in [-0.05, 0) is 24.3 Å². The van der Waals surface area contributed by atoms with Crippen molar-refractivity contribution in [2.45, 2.75) is 6.10 Å². The Morgan fingerprint density at radius 1 is 1.09 bits per heavy atom. The van der Waals surface area contributed by atoms with Crippen molar-refractivity contribution in [3.63, 3.8) is 0 Å². The van der Waals surface area contributed by atoms with Crippen LogP contribution in [0.3, 0.4) is 0 Å². The zero-order chi connectivity index (χ0) is 15.5. The van der Waals surface area contributed by atoms with Gasteiger partial charge in [0.05, 0.1) is 30.8 Å². The first-order valence-electron chi connectivity index (χ1n) is 7.02. The molecule has 1 fully saturated rings. The van der Waals surface area contributed by atoms with Gasteiger partial charge in [0, 0.05) is 0 Å². The molecule has 2 aromatic carbocycles. The molecule has 1 saturated heterocycles. The van der Waals surface area contributed by atoms with Crippen molar-refractivity contribution >= 4 is 17.5 Å². The lowest BCUT2D eigenvalue weighted by atomic mass is 10.1. The Bertz CT molecular complexity index is 683. The van der Waals surface area contributed by atoms with E-state index < -0.39 is 0 Å². The SMILES string of the molecule is COc1ccccc1OC1CN(C(=O)c2ccccc2Cl)C1. The van der Waals surface area contributed by atoms with E-state index in [1.807, 2.05) is 36.4 Å². The topological polar surface area (TPSA) is 38.8 Å². The fourth-order valence-corrected chi connectivity index (χ4v) is 2.60. The molecule has 5 heteroatoms. The lowest BCUT2D eigenvalue weighted by molar-refractivity contribution is 0.0169. The molecule has 0 aromatic heterocycles. The monoisotopic (exact) mass is 317 g/mol. The molecule has 0 radical (unpaired) electrons. The minimum atomic E-state index is -0.0644. The van der Waals surface area contributed by atoms with E-state index in [4.69, 9.17) is 21.1 Å². The van der Waals surface area contributed by atoms with Gasteiger partial charge in [-0.25, -0.2) is 0 Å². The van der Waals surface area contributed by atoms with Crippen LogP contribution in [0.4, 0.5) is 0 Å². The molecule has 3 rings (SSSR count). The normalized spacial score (nSPS) is 14.4. The number of nitrogens with zero attached hydrogens (tertiary/aromatic N) is 1. The third-order valence-electron chi connectivity index (χ3n) is 3.60. The third-order valence-corrected chi connectivity index (χ3v) is 3.93. The van der Waals surface area contributed by atoms with Crippen molar-refractivity contribution < 1.29 is 14.3 Å². The highest BCUT2D eigenvalue weighted by molar-refractivity contribution is 6.33. The average molecular weight is 318 g/mol. The number of methoxy groups -OCH3 is 1. The third kappa shape index (κ3) is 2.88. The summed E-state index contributed by atoms with van der Waals surface area (Å²) in [5, 5.41) is 0.474. The van der Waals surface area contributed by atoms with Crippen molar-refractivity contribution in [2.75, 3.05) is 20.2 Å². The molecule has 1 aliphatic heterocycles. The van der Waals surface area contributed by atoms with Gasteiger partial charge in [-0.1, -0.05) is 35.9 Å². The summed E-state index contributed by atoms with van der Waals surface area (Å²) in [5.74, 6) is 1.32. The number of amides is 1. The van der Waals surface area contributed by atoms with Crippen LogP contribution in [0.25, 0.3) is 0 Å².